The van der Waals surface area contributed by atoms with Crippen LogP contribution in [-0.4, -0.2) is 33.8 Å². The zero-order chi connectivity index (χ0) is 10.5. The van der Waals surface area contributed by atoms with Gasteiger partial charge in [-0.25, -0.2) is 0 Å². The van der Waals surface area contributed by atoms with Crippen LogP contribution in [0, 0.1) is 9.49 Å². The fraction of sp³-hybridized carbons (Fsp3) is 0.727. The maximum Gasteiger partial charge on any atom is 0.0623 e. The van der Waals surface area contributed by atoms with Gasteiger partial charge in [-0.05, 0) is 61.4 Å². The molecule has 1 aromatic heterocycles. The Morgan fingerprint density at radius 2 is 2.53 bits per heavy atom. The van der Waals surface area contributed by atoms with Crippen molar-refractivity contribution in [1.82, 2.24) is 14.7 Å². The summed E-state index contributed by atoms with van der Waals surface area (Å²) in [6, 6.07) is 0. The Morgan fingerprint density at radius 1 is 1.67 bits per heavy atom. The van der Waals surface area contributed by atoms with E-state index in [1.807, 2.05) is 6.20 Å². The molecule has 2 atom stereocenters. The second-order valence-electron chi connectivity index (χ2n) is 4.91. The Bertz CT molecular complexity index is 376. The number of hydrogen-bond donors (Lipinski definition) is 0. The minimum absolute atomic E-state index is 0.553. The fourth-order valence-electron chi connectivity index (χ4n) is 3.08. The second kappa shape index (κ2) is 3.45. The quantitative estimate of drug-likeness (QED) is 0.778. The maximum atomic E-state index is 4.37. The maximum absolute atomic E-state index is 4.37. The van der Waals surface area contributed by atoms with Crippen LogP contribution in [0.5, 0.6) is 0 Å². The number of hydrogen-bond acceptors (Lipinski definition) is 2. The Morgan fingerprint density at radius 3 is 3.13 bits per heavy atom. The summed E-state index contributed by atoms with van der Waals surface area (Å²) in [6.45, 7) is 2.39. The average molecular weight is 317 g/mol. The van der Waals surface area contributed by atoms with Crippen LogP contribution in [0.2, 0.25) is 0 Å². The highest BCUT2D eigenvalue weighted by atomic mass is 127. The first-order valence-corrected chi connectivity index (χ1v) is 6.68. The molecule has 15 heavy (non-hydrogen) atoms. The number of halogens is 1. The first-order valence-electron chi connectivity index (χ1n) is 5.60. The Balaban J connectivity index is 1.67. The van der Waals surface area contributed by atoms with Crippen molar-refractivity contribution in [1.29, 1.82) is 0 Å². The molecule has 0 N–H and O–H groups in total. The van der Waals surface area contributed by atoms with Crippen LogP contribution < -0.4 is 0 Å². The third-order valence-electron chi connectivity index (χ3n) is 4.07. The van der Waals surface area contributed by atoms with Crippen LogP contribution in [0.25, 0.3) is 0 Å². The van der Waals surface area contributed by atoms with E-state index in [0.717, 1.165) is 12.5 Å². The van der Waals surface area contributed by atoms with Gasteiger partial charge in [0.1, 0.15) is 0 Å². The molecule has 82 valence electrons. The lowest BCUT2D eigenvalue weighted by Gasteiger charge is -2.20. The van der Waals surface area contributed by atoms with Gasteiger partial charge in [-0.3, -0.25) is 4.68 Å². The lowest BCUT2D eigenvalue weighted by molar-refractivity contribution is 0.260. The van der Waals surface area contributed by atoms with Crippen LogP contribution in [0.15, 0.2) is 12.4 Å². The molecule has 3 rings (SSSR count). The molecule has 2 fully saturated rings. The molecule has 1 aliphatic heterocycles. The van der Waals surface area contributed by atoms with Crippen LogP contribution in [-0.2, 0) is 6.54 Å². The molecule has 1 aliphatic carbocycles. The molecule has 4 heteroatoms. The smallest absolute Gasteiger partial charge is 0.0623 e. The van der Waals surface area contributed by atoms with Gasteiger partial charge >= 0.3 is 0 Å². The molecule has 2 aliphatic rings. The highest BCUT2D eigenvalue weighted by Gasteiger charge is 2.58. The van der Waals surface area contributed by atoms with Crippen molar-refractivity contribution in [3.63, 3.8) is 0 Å². The molecule has 0 aromatic carbocycles. The molecular formula is C11H16IN3. The predicted molar refractivity (Wildman–Crippen MR) is 67.6 cm³/mol. The van der Waals surface area contributed by atoms with Crippen molar-refractivity contribution in [2.75, 3.05) is 13.6 Å². The van der Waals surface area contributed by atoms with E-state index in [2.05, 4.69) is 50.5 Å². The van der Waals surface area contributed by atoms with Gasteiger partial charge in [0.2, 0.25) is 0 Å². The van der Waals surface area contributed by atoms with E-state index in [1.54, 1.807) is 0 Å². The third kappa shape index (κ3) is 1.62. The fourth-order valence-corrected chi connectivity index (χ4v) is 3.52. The largest absolute Gasteiger partial charge is 0.300 e. The summed E-state index contributed by atoms with van der Waals surface area (Å²) in [6.07, 6.45) is 8.23. The second-order valence-corrected chi connectivity index (χ2v) is 6.16. The zero-order valence-corrected chi connectivity index (χ0v) is 11.1. The van der Waals surface area contributed by atoms with Crippen molar-refractivity contribution >= 4 is 22.6 Å². The molecule has 0 bridgehead atoms. The van der Waals surface area contributed by atoms with Gasteiger partial charge in [0, 0.05) is 18.3 Å². The van der Waals surface area contributed by atoms with Crippen molar-refractivity contribution in [3.05, 3.63) is 16.0 Å². The van der Waals surface area contributed by atoms with Gasteiger partial charge in [0.15, 0.2) is 0 Å². The number of aromatic nitrogens is 2. The normalized spacial score (nSPS) is 35.2. The van der Waals surface area contributed by atoms with Gasteiger partial charge < -0.3 is 4.90 Å². The Kier molecular flexibility index (Phi) is 2.32. The highest BCUT2D eigenvalue weighted by Crippen LogP contribution is 2.54. The molecule has 1 aromatic rings. The molecular weight excluding hydrogens is 301 g/mol. The summed E-state index contributed by atoms with van der Waals surface area (Å²) in [5.41, 5.74) is 0.553. The van der Waals surface area contributed by atoms with Crippen molar-refractivity contribution in [2.24, 2.45) is 5.92 Å². The van der Waals surface area contributed by atoms with Gasteiger partial charge in [-0.15, -0.1) is 0 Å². The highest BCUT2D eigenvalue weighted by molar-refractivity contribution is 14.1. The first-order chi connectivity index (χ1) is 7.21. The van der Waals surface area contributed by atoms with E-state index in [-0.39, 0.29) is 0 Å². The summed E-state index contributed by atoms with van der Waals surface area (Å²) < 4.78 is 3.34. The van der Waals surface area contributed by atoms with Crippen LogP contribution in [0.3, 0.4) is 0 Å². The molecule has 1 saturated heterocycles. The molecule has 2 unspecified atom stereocenters. The summed E-state index contributed by atoms with van der Waals surface area (Å²) in [5, 5.41) is 4.37. The molecule has 1 spiro atoms. The first kappa shape index (κ1) is 10.1. The van der Waals surface area contributed by atoms with Gasteiger partial charge in [-0.2, -0.15) is 5.10 Å². The Hall–Kier alpha value is -0.100. The lowest BCUT2D eigenvalue weighted by Crippen LogP contribution is -2.29. The van der Waals surface area contributed by atoms with E-state index in [4.69, 9.17) is 0 Å². The number of rotatable bonds is 2. The molecule has 1 saturated carbocycles. The van der Waals surface area contributed by atoms with Crippen molar-refractivity contribution in [2.45, 2.75) is 31.3 Å². The zero-order valence-electron chi connectivity index (χ0n) is 8.99. The molecule has 0 amide bonds. The standard InChI is InChI=1S/C11H16IN3/c1-14-4-2-3-11(14)5-9(11)7-15-8-10(12)6-13-15/h6,8-9H,2-5,7H2,1H3. The molecule has 2 heterocycles. The summed E-state index contributed by atoms with van der Waals surface area (Å²) in [7, 11) is 2.28. The van der Waals surface area contributed by atoms with Crippen molar-refractivity contribution in [3.8, 4) is 0 Å². The van der Waals surface area contributed by atoms with Gasteiger partial charge in [0.05, 0.1) is 9.77 Å². The minimum Gasteiger partial charge on any atom is -0.300 e. The van der Waals surface area contributed by atoms with Gasteiger partial charge in [-0.1, -0.05) is 0 Å². The minimum atomic E-state index is 0.553. The van der Waals surface area contributed by atoms with E-state index in [1.165, 1.54) is 29.4 Å². The van der Waals surface area contributed by atoms with Crippen molar-refractivity contribution < 1.29 is 0 Å². The van der Waals surface area contributed by atoms with Crippen LogP contribution in [0.1, 0.15) is 19.3 Å². The van der Waals surface area contributed by atoms with E-state index in [0.29, 0.717) is 5.54 Å². The average Bonchev–Trinajstić information content (AvgIpc) is 2.51. The monoisotopic (exact) mass is 317 g/mol. The number of nitrogens with zero attached hydrogens (tertiary/aromatic N) is 3. The van der Waals surface area contributed by atoms with E-state index < -0.39 is 0 Å². The van der Waals surface area contributed by atoms with Gasteiger partial charge in [0.25, 0.3) is 0 Å². The Labute approximate surface area is 104 Å². The summed E-state index contributed by atoms with van der Waals surface area (Å²) in [4.78, 5) is 2.56. The van der Waals surface area contributed by atoms with Crippen LogP contribution >= 0.6 is 22.6 Å². The molecule has 3 nitrogen and oxygen atoms in total. The lowest BCUT2D eigenvalue weighted by atomic mass is 10.1. The topological polar surface area (TPSA) is 21.1 Å². The van der Waals surface area contributed by atoms with E-state index in [9.17, 15) is 0 Å². The predicted octanol–water partition coefficient (Wildman–Crippen LogP) is 1.97. The third-order valence-corrected chi connectivity index (χ3v) is 4.63. The summed E-state index contributed by atoms with van der Waals surface area (Å²) >= 11 is 2.32. The molecule has 0 radical (unpaired) electrons. The van der Waals surface area contributed by atoms with E-state index >= 15 is 0 Å². The van der Waals surface area contributed by atoms with Crippen LogP contribution in [0.4, 0.5) is 0 Å². The summed E-state index contributed by atoms with van der Waals surface area (Å²) in [5.74, 6) is 0.834. The number of likely N-dealkylation sites (tertiary alicyclic amines) is 1. The SMILES string of the molecule is CN1CCCC12CC2Cn1cc(I)cn1.